The van der Waals surface area contributed by atoms with Crippen LogP contribution in [0.1, 0.15) is 33.4 Å². The van der Waals surface area contributed by atoms with E-state index in [1.807, 2.05) is 36.4 Å². The van der Waals surface area contributed by atoms with Gasteiger partial charge in [-0.05, 0) is 36.2 Å². The summed E-state index contributed by atoms with van der Waals surface area (Å²) in [6.45, 7) is 1.80. The van der Waals surface area contributed by atoms with Crippen molar-refractivity contribution in [2.24, 2.45) is 0 Å². The fraction of sp³-hybridized carbons (Fsp3) is 0.130. The lowest BCUT2D eigenvalue weighted by molar-refractivity contribution is 0.0593. The minimum absolute atomic E-state index is 0.124. The molecule has 4 rings (SSSR count). The van der Waals surface area contributed by atoms with Crippen LogP contribution in [0.15, 0.2) is 60.7 Å². The fourth-order valence-corrected chi connectivity index (χ4v) is 3.45. The number of fused-ring (bicyclic) bond motifs is 1. The zero-order valence-electron chi connectivity index (χ0n) is 16.0. The molecule has 0 saturated carbocycles. The molecule has 0 aliphatic heterocycles. The van der Waals surface area contributed by atoms with Crippen molar-refractivity contribution in [3.63, 3.8) is 0 Å². The Balaban J connectivity index is 1.94. The third kappa shape index (κ3) is 3.34. The lowest BCUT2D eigenvalue weighted by Gasteiger charge is -2.14. The zero-order chi connectivity index (χ0) is 20.5. The van der Waals surface area contributed by atoms with Gasteiger partial charge in [-0.25, -0.2) is 9.78 Å². The average molecular weight is 388 g/mol. The monoisotopic (exact) mass is 388 g/mol. The van der Waals surface area contributed by atoms with Gasteiger partial charge in [0.1, 0.15) is 17.5 Å². The van der Waals surface area contributed by atoms with Crippen LogP contribution >= 0.6 is 0 Å². The summed E-state index contributed by atoms with van der Waals surface area (Å²) in [6.07, 6.45) is -1.09. The van der Waals surface area contributed by atoms with Gasteiger partial charge in [0.25, 0.3) is 0 Å². The molecule has 6 heteroatoms. The number of ether oxygens (including phenoxy) is 1. The number of carbonyl (C=O) groups excluding carboxylic acids is 1. The van der Waals surface area contributed by atoms with E-state index in [1.54, 1.807) is 25.1 Å². The lowest BCUT2D eigenvalue weighted by atomic mass is 9.97. The molecule has 0 spiro atoms. The Kier molecular flexibility index (Phi) is 4.78. The SMILES string of the molecule is COC(=O)c1cccc(C(O)c2c(-c3ccccc3)[nH]c3cc(O)c(C)cc23)n1. The average Bonchev–Trinajstić information content (AvgIpc) is 3.11. The maximum Gasteiger partial charge on any atom is 0.356 e. The first kappa shape index (κ1) is 18.7. The van der Waals surface area contributed by atoms with Crippen LogP contribution in [0.4, 0.5) is 0 Å². The molecule has 146 valence electrons. The topological polar surface area (TPSA) is 95.4 Å². The van der Waals surface area contributed by atoms with Crippen LogP contribution in [-0.4, -0.2) is 33.3 Å². The Morgan fingerprint density at radius 1 is 1.10 bits per heavy atom. The molecular formula is C23H20N2O4. The van der Waals surface area contributed by atoms with Gasteiger partial charge in [-0.15, -0.1) is 0 Å². The largest absolute Gasteiger partial charge is 0.508 e. The van der Waals surface area contributed by atoms with Crippen molar-refractivity contribution in [1.29, 1.82) is 0 Å². The standard InChI is InChI=1S/C23H20N2O4/c1-13-11-15-18(12-19(13)26)25-21(14-7-4-3-5-8-14)20(15)22(27)16-9-6-10-17(24-16)23(28)29-2/h3-12,22,25-27H,1-2H3. The Bertz CT molecular complexity index is 1200. The van der Waals surface area contributed by atoms with Crippen LogP contribution in [0.25, 0.3) is 22.2 Å². The van der Waals surface area contributed by atoms with E-state index in [9.17, 15) is 15.0 Å². The van der Waals surface area contributed by atoms with E-state index in [1.165, 1.54) is 13.2 Å². The molecule has 6 nitrogen and oxygen atoms in total. The highest BCUT2D eigenvalue weighted by atomic mass is 16.5. The van der Waals surface area contributed by atoms with Crippen molar-refractivity contribution in [2.75, 3.05) is 7.11 Å². The second-order valence-corrected chi connectivity index (χ2v) is 6.81. The molecule has 0 aliphatic rings. The normalized spacial score (nSPS) is 12.1. The summed E-state index contributed by atoms with van der Waals surface area (Å²) < 4.78 is 4.74. The Labute approximate surface area is 167 Å². The molecule has 0 bridgehead atoms. The molecule has 0 fully saturated rings. The predicted octanol–water partition coefficient (Wildman–Crippen LogP) is 4.11. The number of esters is 1. The van der Waals surface area contributed by atoms with Gasteiger partial charge >= 0.3 is 5.97 Å². The molecule has 0 saturated heterocycles. The number of aliphatic hydroxyl groups excluding tert-OH is 1. The van der Waals surface area contributed by atoms with Crippen molar-refractivity contribution < 1.29 is 19.7 Å². The molecule has 2 heterocycles. The number of nitrogens with zero attached hydrogens (tertiary/aromatic N) is 1. The molecule has 3 N–H and O–H groups in total. The number of aliphatic hydroxyl groups is 1. The predicted molar refractivity (Wildman–Crippen MR) is 110 cm³/mol. The maximum absolute atomic E-state index is 11.9. The number of methoxy groups -OCH3 is 1. The maximum atomic E-state index is 11.9. The summed E-state index contributed by atoms with van der Waals surface area (Å²) in [5, 5.41) is 22.2. The zero-order valence-corrected chi connectivity index (χ0v) is 16.0. The van der Waals surface area contributed by atoms with Crippen LogP contribution in [0.5, 0.6) is 5.75 Å². The molecule has 2 aromatic carbocycles. The summed E-state index contributed by atoms with van der Waals surface area (Å²) in [7, 11) is 1.29. The Hall–Kier alpha value is -3.64. The first-order valence-corrected chi connectivity index (χ1v) is 9.13. The van der Waals surface area contributed by atoms with E-state index in [-0.39, 0.29) is 11.4 Å². The number of aromatic nitrogens is 2. The highest BCUT2D eigenvalue weighted by molar-refractivity contribution is 5.93. The number of H-pyrrole nitrogens is 1. The third-order valence-corrected chi connectivity index (χ3v) is 4.94. The first-order valence-electron chi connectivity index (χ1n) is 9.13. The van der Waals surface area contributed by atoms with Gasteiger partial charge in [0.15, 0.2) is 0 Å². The van der Waals surface area contributed by atoms with Crippen LogP contribution < -0.4 is 0 Å². The molecule has 1 atom stereocenters. The van der Waals surface area contributed by atoms with E-state index in [4.69, 9.17) is 4.74 Å². The number of benzene rings is 2. The summed E-state index contributed by atoms with van der Waals surface area (Å²) in [4.78, 5) is 19.5. The van der Waals surface area contributed by atoms with E-state index in [0.717, 1.165) is 16.6 Å². The summed E-state index contributed by atoms with van der Waals surface area (Å²) in [5.41, 5.74) is 4.09. The lowest BCUT2D eigenvalue weighted by Crippen LogP contribution is -2.09. The van der Waals surface area contributed by atoms with Crippen molar-refractivity contribution in [3.8, 4) is 17.0 Å². The molecule has 1 unspecified atom stereocenters. The van der Waals surface area contributed by atoms with Gasteiger partial charge in [-0.2, -0.15) is 0 Å². The summed E-state index contributed by atoms with van der Waals surface area (Å²) >= 11 is 0. The number of phenols is 1. The molecule has 0 amide bonds. The fourth-order valence-electron chi connectivity index (χ4n) is 3.45. The number of carbonyl (C=O) groups is 1. The Morgan fingerprint density at radius 3 is 2.59 bits per heavy atom. The van der Waals surface area contributed by atoms with Crippen molar-refractivity contribution in [2.45, 2.75) is 13.0 Å². The van der Waals surface area contributed by atoms with Gasteiger partial charge < -0.3 is 19.9 Å². The molecule has 0 radical (unpaired) electrons. The van der Waals surface area contributed by atoms with Crippen molar-refractivity contribution in [3.05, 3.63) is 83.2 Å². The minimum Gasteiger partial charge on any atom is -0.508 e. The number of hydrogen-bond acceptors (Lipinski definition) is 5. The second-order valence-electron chi connectivity index (χ2n) is 6.81. The van der Waals surface area contributed by atoms with Crippen LogP contribution in [0, 0.1) is 6.92 Å². The molecule has 4 aromatic rings. The molecule has 2 aromatic heterocycles. The highest BCUT2D eigenvalue weighted by Gasteiger charge is 2.24. The van der Waals surface area contributed by atoms with E-state index < -0.39 is 12.1 Å². The van der Waals surface area contributed by atoms with Crippen LogP contribution in [0.3, 0.4) is 0 Å². The van der Waals surface area contributed by atoms with E-state index >= 15 is 0 Å². The van der Waals surface area contributed by atoms with Gasteiger partial charge in [0.2, 0.25) is 0 Å². The van der Waals surface area contributed by atoms with Crippen LogP contribution in [0.2, 0.25) is 0 Å². The number of aromatic amines is 1. The molecule has 29 heavy (non-hydrogen) atoms. The van der Waals surface area contributed by atoms with E-state index in [0.29, 0.717) is 22.3 Å². The van der Waals surface area contributed by atoms with Crippen LogP contribution in [-0.2, 0) is 4.74 Å². The first-order chi connectivity index (χ1) is 14.0. The summed E-state index contributed by atoms with van der Waals surface area (Å²) in [5.74, 6) is -0.396. The number of nitrogens with one attached hydrogen (secondary N) is 1. The molecular weight excluding hydrogens is 368 g/mol. The van der Waals surface area contributed by atoms with E-state index in [2.05, 4.69) is 9.97 Å². The number of hydrogen-bond donors (Lipinski definition) is 3. The van der Waals surface area contributed by atoms with Gasteiger partial charge in [-0.3, -0.25) is 0 Å². The quantitative estimate of drug-likeness (QED) is 0.457. The smallest absolute Gasteiger partial charge is 0.356 e. The number of rotatable bonds is 4. The van der Waals surface area contributed by atoms with Crippen molar-refractivity contribution in [1.82, 2.24) is 9.97 Å². The Morgan fingerprint density at radius 2 is 1.86 bits per heavy atom. The number of phenolic OH excluding ortho intramolecular Hbond substituents is 1. The van der Waals surface area contributed by atoms with Gasteiger partial charge in [-0.1, -0.05) is 36.4 Å². The summed E-state index contributed by atoms with van der Waals surface area (Å²) in [6, 6.07) is 18.0. The highest BCUT2D eigenvalue weighted by Crippen LogP contribution is 2.39. The number of aromatic hydroxyl groups is 1. The minimum atomic E-state index is -1.09. The molecule has 0 aliphatic carbocycles. The van der Waals surface area contributed by atoms with Crippen molar-refractivity contribution >= 4 is 16.9 Å². The van der Waals surface area contributed by atoms with Gasteiger partial charge in [0.05, 0.1) is 18.5 Å². The third-order valence-electron chi connectivity index (χ3n) is 4.94. The number of pyridine rings is 1. The van der Waals surface area contributed by atoms with Gasteiger partial charge in [0, 0.05) is 22.5 Å². The number of aryl methyl sites for hydroxylation is 1. The second kappa shape index (κ2) is 7.41.